The lowest BCUT2D eigenvalue weighted by Gasteiger charge is -2.15. The predicted molar refractivity (Wildman–Crippen MR) is 51.0 cm³/mol. The van der Waals surface area contributed by atoms with Crippen LogP contribution in [0.2, 0.25) is 0 Å². The summed E-state index contributed by atoms with van der Waals surface area (Å²) < 4.78 is 12.9. The summed E-state index contributed by atoms with van der Waals surface area (Å²) in [5.74, 6) is 0. The molecule has 1 N–H and O–H groups in total. The van der Waals surface area contributed by atoms with Crippen LogP contribution in [0, 0.1) is 5.13 Å². The number of nitrogens with zero attached hydrogens (tertiary/aromatic N) is 1. The second kappa shape index (κ2) is 3.57. The molecule has 14 heavy (non-hydrogen) atoms. The van der Waals surface area contributed by atoms with Crippen LogP contribution in [0.15, 0.2) is 6.07 Å². The summed E-state index contributed by atoms with van der Waals surface area (Å²) in [5.41, 5.74) is 0.826. The maximum absolute atomic E-state index is 12.9. The molecule has 76 valence electrons. The van der Waals surface area contributed by atoms with Crippen LogP contribution in [0.25, 0.3) is 0 Å². The molecule has 0 saturated carbocycles. The Balaban J connectivity index is 2.25. The van der Waals surface area contributed by atoms with Crippen molar-refractivity contribution in [2.45, 2.75) is 19.4 Å². The second-order valence-electron chi connectivity index (χ2n) is 3.31. The van der Waals surface area contributed by atoms with Gasteiger partial charge in [-0.1, -0.05) is 0 Å². The van der Waals surface area contributed by atoms with Gasteiger partial charge in [0.15, 0.2) is 5.13 Å². The zero-order valence-electron chi connectivity index (χ0n) is 7.49. The average molecular weight is 215 g/mol. The molecule has 2 heterocycles. The average Bonchev–Trinajstić information content (AvgIpc) is 2.32. The van der Waals surface area contributed by atoms with Crippen LogP contribution in [-0.2, 0) is 13.0 Å². The van der Waals surface area contributed by atoms with Crippen molar-refractivity contribution in [2.24, 2.45) is 0 Å². The number of thiophene rings is 1. The summed E-state index contributed by atoms with van der Waals surface area (Å²) in [6, 6.07) is 1.45. The third kappa shape index (κ3) is 1.72. The molecule has 5 heteroatoms. The van der Waals surface area contributed by atoms with Gasteiger partial charge in [-0.2, -0.15) is 4.39 Å². The molecule has 2 rings (SSSR count). The van der Waals surface area contributed by atoms with Gasteiger partial charge in [0.2, 0.25) is 0 Å². The minimum Gasteiger partial charge on any atom is -0.465 e. The van der Waals surface area contributed by atoms with Gasteiger partial charge in [0, 0.05) is 11.4 Å². The molecule has 0 bridgehead atoms. The van der Waals surface area contributed by atoms with E-state index in [4.69, 9.17) is 5.11 Å². The highest BCUT2D eigenvalue weighted by atomic mass is 32.1. The molecule has 1 amide bonds. The third-order valence-electron chi connectivity index (χ3n) is 2.33. The number of hydrogen-bond acceptors (Lipinski definition) is 2. The largest absolute Gasteiger partial charge is 0.465 e. The Morgan fingerprint density at radius 2 is 2.43 bits per heavy atom. The molecule has 1 aliphatic heterocycles. The molecule has 0 saturated heterocycles. The molecule has 3 nitrogen and oxygen atoms in total. The Hall–Kier alpha value is -1.10. The number of amides is 1. The standard InChI is InChI=1S/C9H10FNO2S/c10-8-4-6-5-11(9(12)13)3-1-2-7(6)14-8/h4H,1-3,5H2,(H,12,13). The fourth-order valence-corrected chi connectivity index (χ4v) is 2.59. The quantitative estimate of drug-likeness (QED) is 0.721. The molecule has 1 aromatic rings. The van der Waals surface area contributed by atoms with Gasteiger partial charge < -0.3 is 10.0 Å². The van der Waals surface area contributed by atoms with Crippen molar-refractivity contribution in [3.63, 3.8) is 0 Å². The first-order valence-electron chi connectivity index (χ1n) is 4.42. The highest BCUT2D eigenvalue weighted by Crippen LogP contribution is 2.26. The molecule has 1 aromatic heterocycles. The van der Waals surface area contributed by atoms with Crippen LogP contribution in [0.4, 0.5) is 9.18 Å². The van der Waals surface area contributed by atoms with Gasteiger partial charge in [-0.25, -0.2) is 4.79 Å². The fourth-order valence-electron chi connectivity index (χ4n) is 1.65. The maximum Gasteiger partial charge on any atom is 0.407 e. The number of rotatable bonds is 0. The highest BCUT2D eigenvalue weighted by molar-refractivity contribution is 7.10. The topological polar surface area (TPSA) is 40.5 Å². The Kier molecular flexibility index (Phi) is 2.41. The smallest absolute Gasteiger partial charge is 0.407 e. The molecular formula is C9H10FNO2S. The lowest BCUT2D eigenvalue weighted by atomic mass is 10.2. The summed E-state index contributed by atoms with van der Waals surface area (Å²) in [6.45, 7) is 0.865. The Bertz CT molecular complexity index is 364. The molecule has 0 spiro atoms. The van der Waals surface area contributed by atoms with Crippen molar-refractivity contribution in [3.8, 4) is 0 Å². The molecule has 0 atom stereocenters. The van der Waals surface area contributed by atoms with Crippen LogP contribution in [0.3, 0.4) is 0 Å². The molecular weight excluding hydrogens is 205 g/mol. The first-order valence-corrected chi connectivity index (χ1v) is 5.23. The van der Waals surface area contributed by atoms with E-state index in [0.29, 0.717) is 13.1 Å². The van der Waals surface area contributed by atoms with E-state index < -0.39 is 6.09 Å². The van der Waals surface area contributed by atoms with E-state index >= 15 is 0 Å². The normalized spacial score (nSPS) is 16.2. The number of carboxylic acid groups (broad SMARTS) is 1. The summed E-state index contributed by atoms with van der Waals surface area (Å²) >= 11 is 1.13. The second-order valence-corrected chi connectivity index (χ2v) is 4.39. The number of halogens is 1. The first kappa shape index (κ1) is 9.45. The summed E-state index contributed by atoms with van der Waals surface area (Å²) in [6.07, 6.45) is 0.636. The minimum absolute atomic E-state index is 0.220. The highest BCUT2D eigenvalue weighted by Gasteiger charge is 2.20. The Labute approximate surface area is 84.8 Å². The molecule has 0 unspecified atom stereocenters. The van der Waals surface area contributed by atoms with Gasteiger partial charge in [-0.3, -0.25) is 0 Å². The number of aryl methyl sites for hydroxylation is 1. The van der Waals surface area contributed by atoms with Crippen LogP contribution in [-0.4, -0.2) is 22.6 Å². The van der Waals surface area contributed by atoms with E-state index in [1.165, 1.54) is 11.0 Å². The van der Waals surface area contributed by atoms with Gasteiger partial charge >= 0.3 is 6.09 Å². The van der Waals surface area contributed by atoms with E-state index in [9.17, 15) is 9.18 Å². The third-order valence-corrected chi connectivity index (χ3v) is 3.36. The molecule has 0 aliphatic carbocycles. The first-order chi connectivity index (χ1) is 6.66. The zero-order chi connectivity index (χ0) is 10.1. The van der Waals surface area contributed by atoms with E-state index in [2.05, 4.69) is 0 Å². The van der Waals surface area contributed by atoms with E-state index in [1.54, 1.807) is 0 Å². The van der Waals surface area contributed by atoms with Crippen molar-refractivity contribution in [1.29, 1.82) is 0 Å². The van der Waals surface area contributed by atoms with Gasteiger partial charge in [0.05, 0.1) is 6.54 Å². The summed E-state index contributed by atoms with van der Waals surface area (Å²) in [5, 5.41) is 8.61. The van der Waals surface area contributed by atoms with Gasteiger partial charge in [-0.05, 0) is 24.5 Å². The lowest BCUT2D eigenvalue weighted by Crippen LogP contribution is -2.28. The SMILES string of the molecule is O=C(O)N1CCCc2sc(F)cc2C1. The van der Waals surface area contributed by atoms with Gasteiger partial charge in [-0.15, -0.1) is 11.3 Å². The molecule has 0 aromatic carbocycles. The molecule has 1 aliphatic rings. The minimum atomic E-state index is -0.926. The van der Waals surface area contributed by atoms with Crippen LogP contribution in [0.5, 0.6) is 0 Å². The molecule has 0 fully saturated rings. The zero-order valence-corrected chi connectivity index (χ0v) is 8.31. The fraction of sp³-hybridized carbons (Fsp3) is 0.444. The number of hydrogen-bond donors (Lipinski definition) is 1. The van der Waals surface area contributed by atoms with Crippen molar-refractivity contribution < 1.29 is 14.3 Å². The van der Waals surface area contributed by atoms with E-state index in [-0.39, 0.29) is 5.13 Å². The van der Waals surface area contributed by atoms with E-state index in [0.717, 1.165) is 34.6 Å². The summed E-state index contributed by atoms with van der Waals surface area (Å²) in [7, 11) is 0. The van der Waals surface area contributed by atoms with Gasteiger partial charge in [0.1, 0.15) is 0 Å². The summed E-state index contributed by atoms with van der Waals surface area (Å²) in [4.78, 5) is 13.1. The Morgan fingerprint density at radius 1 is 1.64 bits per heavy atom. The number of fused-ring (bicyclic) bond motifs is 1. The maximum atomic E-state index is 12.9. The van der Waals surface area contributed by atoms with Crippen LogP contribution < -0.4 is 0 Å². The Morgan fingerprint density at radius 3 is 3.14 bits per heavy atom. The van der Waals surface area contributed by atoms with Crippen molar-refractivity contribution >= 4 is 17.4 Å². The van der Waals surface area contributed by atoms with Crippen molar-refractivity contribution in [1.82, 2.24) is 4.90 Å². The number of carbonyl (C=O) groups is 1. The molecule has 0 radical (unpaired) electrons. The predicted octanol–water partition coefficient (Wildman–Crippen LogP) is 2.31. The van der Waals surface area contributed by atoms with Crippen LogP contribution in [0.1, 0.15) is 16.9 Å². The monoisotopic (exact) mass is 215 g/mol. The van der Waals surface area contributed by atoms with Gasteiger partial charge in [0.25, 0.3) is 0 Å². The van der Waals surface area contributed by atoms with E-state index in [1.807, 2.05) is 0 Å². The van der Waals surface area contributed by atoms with Crippen molar-refractivity contribution in [2.75, 3.05) is 6.54 Å². The lowest BCUT2D eigenvalue weighted by molar-refractivity contribution is 0.143. The van der Waals surface area contributed by atoms with Crippen LogP contribution >= 0.6 is 11.3 Å². The van der Waals surface area contributed by atoms with Crippen molar-refractivity contribution in [3.05, 3.63) is 21.6 Å².